The summed E-state index contributed by atoms with van der Waals surface area (Å²) in [7, 11) is -3.55. The molecule has 1 N–H and O–H groups in total. The summed E-state index contributed by atoms with van der Waals surface area (Å²) in [5.74, 6) is -0.382. The monoisotopic (exact) mass is 544 g/mol. The van der Waals surface area contributed by atoms with E-state index in [0.717, 1.165) is 24.7 Å². The van der Waals surface area contributed by atoms with Gasteiger partial charge in [-0.05, 0) is 72.6 Å². The average Bonchev–Trinajstić information content (AvgIpc) is 2.87. The van der Waals surface area contributed by atoms with Crippen LogP contribution in [0, 0.1) is 0 Å². The Bertz CT molecular complexity index is 1290. The summed E-state index contributed by atoms with van der Waals surface area (Å²) in [5, 5.41) is 3.27. The Balaban J connectivity index is 1.54. The molecule has 3 rings (SSSR count). The van der Waals surface area contributed by atoms with Crippen LogP contribution in [0.4, 0.5) is 11.4 Å². The lowest BCUT2D eigenvalue weighted by Crippen LogP contribution is -2.29. The van der Waals surface area contributed by atoms with Gasteiger partial charge < -0.3 is 14.8 Å². The van der Waals surface area contributed by atoms with E-state index >= 15 is 0 Å². The quantitative estimate of drug-likeness (QED) is 0.246. The molecule has 0 heterocycles. The normalized spacial score (nSPS) is 11.0. The van der Waals surface area contributed by atoms with Crippen LogP contribution < -0.4 is 14.4 Å². The number of rotatable bonds is 12. The van der Waals surface area contributed by atoms with Crippen molar-refractivity contribution in [2.75, 3.05) is 29.1 Å². The average molecular weight is 545 g/mol. The summed E-state index contributed by atoms with van der Waals surface area (Å²) in [6.45, 7) is 2.29. The van der Waals surface area contributed by atoms with Gasteiger partial charge in [0.25, 0.3) is 5.91 Å². The van der Waals surface area contributed by atoms with E-state index < -0.39 is 16.0 Å². The van der Waals surface area contributed by atoms with Crippen molar-refractivity contribution in [1.29, 1.82) is 0 Å². The molecule has 10 heteroatoms. The molecule has 0 saturated heterocycles. The van der Waals surface area contributed by atoms with Crippen LogP contribution in [0.25, 0.3) is 0 Å². The van der Waals surface area contributed by atoms with Crippen LogP contribution in [0.5, 0.6) is 5.75 Å². The minimum Gasteiger partial charge on any atom is -0.484 e. The number of carbonyl (C=O) groups is 2. The van der Waals surface area contributed by atoms with Gasteiger partial charge in [-0.2, -0.15) is 0 Å². The summed E-state index contributed by atoms with van der Waals surface area (Å²) in [4.78, 5) is 24.3. The molecule has 196 valence electrons. The zero-order valence-corrected chi connectivity index (χ0v) is 22.2. The first-order valence-corrected chi connectivity index (χ1v) is 13.9. The second-order valence-electron chi connectivity index (χ2n) is 8.29. The van der Waals surface area contributed by atoms with Crippen LogP contribution in [-0.4, -0.2) is 39.8 Å². The van der Waals surface area contributed by atoms with Crippen LogP contribution in [0.2, 0.25) is 5.02 Å². The van der Waals surface area contributed by atoms with E-state index in [1.807, 2.05) is 6.92 Å². The zero-order chi connectivity index (χ0) is 26.8. The van der Waals surface area contributed by atoms with Gasteiger partial charge in [0, 0.05) is 10.7 Å². The van der Waals surface area contributed by atoms with E-state index in [1.165, 1.54) is 4.31 Å². The third-order valence-electron chi connectivity index (χ3n) is 5.27. The van der Waals surface area contributed by atoms with Crippen molar-refractivity contribution in [3.05, 3.63) is 88.9 Å². The molecule has 0 saturated carbocycles. The highest BCUT2D eigenvalue weighted by atomic mass is 35.5. The van der Waals surface area contributed by atoms with Crippen molar-refractivity contribution in [2.24, 2.45) is 0 Å². The number of sulfonamides is 1. The second-order valence-corrected chi connectivity index (χ2v) is 10.6. The molecular weight excluding hydrogens is 516 g/mol. The lowest BCUT2D eigenvalue weighted by Gasteiger charge is -2.23. The molecule has 0 aliphatic carbocycles. The van der Waals surface area contributed by atoms with Crippen molar-refractivity contribution < 1.29 is 27.5 Å². The van der Waals surface area contributed by atoms with Gasteiger partial charge in [0.15, 0.2) is 6.61 Å². The summed E-state index contributed by atoms with van der Waals surface area (Å²) in [6, 6.07) is 19.8. The SMILES string of the molecule is CCCCOC(=O)c1ccc(NC(=O)COc2ccc(N(Cc3ccc(Cl)cc3)S(C)(=O)=O)cc2)cc1. The van der Waals surface area contributed by atoms with Gasteiger partial charge in [-0.1, -0.05) is 37.1 Å². The van der Waals surface area contributed by atoms with Crippen molar-refractivity contribution >= 4 is 44.9 Å². The van der Waals surface area contributed by atoms with Gasteiger partial charge in [-0.3, -0.25) is 9.10 Å². The maximum absolute atomic E-state index is 12.4. The molecule has 0 aromatic heterocycles. The second kappa shape index (κ2) is 13.1. The van der Waals surface area contributed by atoms with Gasteiger partial charge in [-0.25, -0.2) is 13.2 Å². The Morgan fingerprint density at radius 2 is 1.59 bits per heavy atom. The van der Waals surface area contributed by atoms with Gasteiger partial charge in [-0.15, -0.1) is 0 Å². The number of carbonyl (C=O) groups excluding carboxylic acids is 2. The van der Waals surface area contributed by atoms with E-state index in [2.05, 4.69) is 5.32 Å². The van der Waals surface area contributed by atoms with Crippen LogP contribution in [-0.2, 0) is 26.1 Å². The summed E-state index contributed by atoms with van der Waals surface area (Å²) in [6.07, 6.45) is 2.88. The van der Waals surface area contributed by atoms with Gasteiger partial charge in [0.2, 0.25) is 10.0 Å². The lowest BCUT2D eigenvalue weighted by atomic mass is 10.2. The molecule has 0 aliphatic heterocycles. The fourth-order valence-corrected chi connectivity index (χ4v) is 4.31. The largest absolute Gasteiger partial charge is 0.484 e. The number of nitrogens with zero attached hydrogens (tertiary/aromatic N) is 1. The van der Waals surface area contributed by atoms with E-state index in [-0.39, 0.29) is 19.1 Å². The van der Waals surface area contributed by atoms with Crippen molar-refractivity contribution in [2.45, 2.75) is 26.3 Å². The first kappa shape index (κ1) is 28.0. The fraction of sp³-hybridized carbons (Fsp3) is 0.259. The number of unbranched alkanes of at least 4 members (excludes halogenated alkanes) is 1. The molecule has 0 spiro atoms. The molecule has 8 nitrogen and oxygen atoms in total. The first-order chi connectivity index (χ1) is 17.7. The number of anilines is 2. The third-order valence-corrected chi connectivity index (χ3v) is 6.66. The number of esters is 1. The first-order valence-electron chi connectivity index (χ1n) is 11.7. The molecule has 0 aliphatic rings. The molecule has 0 atom stereocenters. The van der Waals surface area contributed by atoms with Crippen molar-refractivity contribution in [3.8, 4) is 5.75 Å². The number of halogens is 1. The van der Waals surface area contributed by atoms with Crippen molar-refractivity contribution in [3.63, 3.8) is 0 Å². The van der Waals surface area contributed by atoms with E-state index in [9.17, 15) is 18.0 Å². The fourth-order valence-electron chi connectivity index (χ4n) is 3.29. The lowest BCUT2D eigenvalue weighted by molar-refractivity contribution is -0.118. The Kier molecular flexibility index (Phi) is 9.93. The number of benzene rings is 3. The van der Waals surface area contributed by atoms with Crippen LogP contribution >= 0.6 is 11.6 Å². The smallest absolute Gasteiger partial charge is 0.338 e. The molecule has 0 fully saturated rings. The Hall–Kier alpha value is -3.56. The summed E-state index contributed by atoms with van der Waals surface area (Å²) in [5.41, 5.74) is 2.17. The molecule has 3 aromatic carbocycles. The molecule has 0 unspecified atom stereocenters. The minimum absolute atomic E-state index is 0.147. The minimum atomic E-state index is -3.55. The zero-order valence-electron chi connectivity index (χ0n) is 20.6. The predicted molar refractivity (Wildman–Crippen MR) is 145 cm³/mol. The number of hydrogen-bond acceptors (Lipinski definition) is 6. The Morgan fingerprint density at radius 3 is 2.19 bits per heavy atom. The topological polar surface area (TPSA) is 102 Å². The van der Waals surface area contributed by atoms with E-state index in [0.29, 0.717) is 34.3 Å². The van der Waals surface area contributed by atoms with Crippen LogP contribution in [0.1, 0.15) is 35.7 Å². The van der Waals surface area contributed by atoms with E-state index in [4.69, 9.17) is 21.1 Å². The Labute approximate surface area is 222 Å². The van der Waals surface area contributed by atoms with Crippen molar-refractivity contribution in [1.82, 2.24) is 0 Å². The van der Waals surface area contributed by atoms with Crippen LogP contribution in [0.15, 0.2) is 72.8 Å². The van der Waals surface area contributed by atoms with Gasteiger partial charge >= 0.3 is 5.97 Å². The number of amides is 1. The predicted octanol–water partition coefficient (Wildman–Crippen LogP) is 5.28. The standard InChI is InChI=1S/C27H29ClN2O6S/c1-3-4-17-35-27(32)21-7-11-23(12-8-21)29-26(31)19-36-25-15-13-24(14-16-25)30(37(2,33)34)18-20-5-9-22(28)10-6-20/h5-16H,3-4,17-19H2,1-2H3,(H,29,31). The molecule has 1 amide bonds. The maximum atomic E-state index is 12.4. The van der Waals surface area contributed by atoms with Crippen LogP contribution in [0.3, 0.4) is 0 Å². The molecule has 0 bridgehead atoms. The molecular formula is C27H29ClN2O6S. The van der Waals surface area contributed by atoms with Gasteiger partial charge in [0.1, 0.15) is 5.75 Å². The summed E-state index contributed by atoms with van der Waals surface area (Å²) < 4.78 is 36.7. The van der Waals surface area contributed by atoms with E-state index in [1.54, 1.807) is 72.8 Å². The Morgan fingerprint density at radius 1 is 0.946 bits per heavy atom. The highest BCUT2D eigenvalue weighted by Crippen LogP contribution is 2.24. The highest BCUT2D eigenvalue weighted by molar-refractivity contribution is 7.92. The van der Waals surface area contributed by atoms with Gasteiger partial charge in [0.05, 0.1) is 30.7 Å². The third kappa shape index (κ3) is 8.80. The molecule has 3 aromatic rings. The number of ether oxygens (including phenoxy) is 2. The molecule has 37 heavy (non-hydrogen) atoms. The number of hydrogen-bond donors (Lipinski definition) is 1. The molecule has 0 radical (unpaired) electrons. The maximum Gasteiger partial charge on any atom is 0.338 e. The summed E-state index contributed by atoms with van der Waals surface area (Å²) >= 11 is 5.92. The highest BCUT2D eigenvalue weighted by Gasteiger charge is 2.18. The number of nitrogens with one attached hydrogen (secondary N) is 1.